The minimum absolute atomic E-state index is 0.00956. The van der Waals surface area contributed by atoms with E-state index in [2.05, 4.69) is 20.1 Å². The van der Waals surface area contributed by atoms with Crippen molar-refractivity contribution in [3.05, 3.63) is 29.4 Å². The third-order valence-electron chi connectivity index (χ3n) is 12.7. The number of hydrogen-bond donors (Lipinski definition) is 5. The maximum atomic E-state index is 17.0. The van der Waals surface area contributed by atoms with E-state index in [1.807, 2.05) is 16.9 Å². The number of fused-ring (bicyclic) bond motifs is 5. The molecule has 0 saturated carbocycles. The minimum atomic E-state index is -4.55. The van der Waals surface area contributed by atoms with E-state index in [0.29, 0.717) is 28.4 Å². The van der Waals surface area contributed by atoms with Gasteiger partial charge in [-0.15, -0.1) is 11.3 Å². The normalized spacial score (nSPS) is 36.3. The van der Waals surface area contributed by atoms with E-state index >= 15 is 4.39 Å². The Morgan fingerprint density at radius 1 is 1.10 bits per heavy atom. The Labute approximate surface area is 394 Å². The summed E-state index contributed by atoms with van der Waals surface area (Å²) >= 11 is 1.15. The lowest BCUT2D eigenvalue weighted by Crippen LogP contribution is -2.61. The van der Waals surface area contributed by atoms with Crippen molar-refractivity contribution in [3.8, 4) is 10.6 Å². The second-order valence-corrected chi connectivity index (χ2v) is 20.7. The van der Waals surface area contributed by atoms with Gasteiger partial charge in [0.1, 0.15) is 34.3 Å². The highest BCUT2D eigenvalue weighted by Crippen LogP contribution is 2.41. The molecule has 3 saturated heterocycles. The molecule has 0 aliphatic carbocycles. The second-order valence-electron chi connectivity index (χ2n) is 18.5. The van der Waals surface area contributed by atoms with Crippen LogP contribution in [-0.4, -0.2) is 151 Å². The molecule has 20 nitrogen and oxygen atoms in total. The number of rotatable bonds is 11. The number of alkyl halides is 1. The fourth-order valence-corrected chi connectivity index (χ4v) is 10.3. The lowest BCUT2D eigenvalue weighted by molar-refractivity contribution is -0.296. The number of nitrogens with one attached hydrogen (secondary N) is 1. The van der Waals surface area contributed by atoms with E-state index in [0.717, 1.165) is 18.3 Å². The molecule has 0 unspecified atom stereocenters. The zero-order chi connectivity index (χ0) is 49.8. The van der Waals surface area contributed by atoms with Crippen molar-refractivity contribution in [2.75, 3.05) is 32.4 Å². The lowest BCUT2D eigenvalue weighted by atomic mass is 9.73. The highest BCUT2D eigenvalue weighted by molar-refractivity contribution is 7.53. The number of aromatic nitrogens is 2. The summed E-state index contributed by atoms with van der Waals surface area (Å²) in [5.74, 6) is -6.22. The van der Waals surface area contributed by atoms with Gasteiger partial charge >= 0.3 is 13.7 Å². The van der Waals surface area contributed by atoms with E-state index < -0.39 is 103 Å². The van der Waals surface area contributed by atoms with E-state index in [9.17, 15) is 38.9 Å². The van der Waals surface area contributed by atoms with Crippen LogP contribution in [0.1, 0.15) is 93.7 Å². The van der Waals surface area contributed by atoms with Crippen LogP contribution in [0.5, 0.6) is 0 Å². The number of aliphatic imine (C=N–C) groups is 1. The number of amides is 1. The van der Waals surface area contributed by atoms with Gasteiger partial charge in [-0.05, 0) is 79.1 Å². The van der Waals surface area contributed by atoms with Crippen LogP contribution in [0.15, 0.2) is 33.9 Å². The average molecular weight is 985 g/mol. The van der Waals surface area contributed by atoms with Gasteiger partial charge in [-0.1, -0.05) is 39.8 Å². The summed E-state index contributed by atoms with van der Waals surface area (Å²) in [4.78, 5) is 80.9. The van der Waals surface area contributed by atoms with Crippen LogP contribution in [-0.2, 0) is 54.1 Å². The smallest absolute Gasteiger partial charge is 0.428 e. The Hall–Kier alpha value is -3.67. The number of cyclic esters (lactones) is 1. The minimum Gasteiger partial charge on any atom is -0.457 e. The van der Waals surface area contributed by atoms with Gasteiger partial charge in [0, 0.05) is 47.2 Å². The van der Waals surface area contributed by atoms with Crippen molar-refractivity contribution in [1.82, 2.24) is 14.9 Å². The second kappa shape index (κ2) is 22.0. The summed E-state index contributed by atoms with van der Waals surface area (Å²) in [6, 6.07) is 2.91. The topological polar surface area (TPSA) is 270 Å². The number of esters is 1. The maximum Gasteiger partial charge on any atom is 0.428 e. The quantitative estimate of drug-likeness (QED) is 0.0889. The van der Waals surface area contributed by atoms with Gasteiger partial charge in [0.05, 0.1) is 42.8 Å². The Bertz CT molecular complexity index is 2170. The summed E-state index contributed by atoms with van der Waals surface area (Å²) < 4.78 is 60.2. The molecule has 67 heavy (non-hydrogen) atoms. The SMILES string of the molecule is CCC(=O)N=C1[C@H](C)C[C@@]2(C)OC/C(=N/OCc3ccc(-c4nc(NP(=O)(O)O)cs4)cn3)CO[C@H]([C@H]1C)[C@](C)(O)[C@@H](CC)OC(=O)[C@@](C)(F)C(=O)[C@H](C)[C@H]2O[C@@H]1O[C@H](C)C[C@H](N(C)C)[C@H]1O. The third kappa shape index (κ3) is 13.0. The monoisotopic (exact) mass is 984 g/mol. The first-order chi connectivity index (χ1) is 31.2. The number of nitrogens with zero attached hydrogens (tertiary/aromatic N) is 5. The van der Waals surface area contributed by atoms with Crippen molar-refractivity contribution in [2.24, 2.45) is 27.9 Å². The largest absolute Gasteiger partial charge is 0.457 e. The molecule has 2 aromatic heterocycles. The number of carbonyl (C=O) groups excluding carboxylic acids is 3. The Morgan fingerprint density at radius 3 is 2.42 bits per heavy atom. The van der Waals surface area contributed by atoms with Gasteiger partial charge < -0.3 is 53.4 Å². The van der Waals surface area contributed by atoms with Crippen LogP contribution in [0.25, 0.3) is 10.6 Å². The Morgan fingerprint density at radius 2 is 1.81 bits per heavy atom. The number of carbonyl (C=O) groups is 3. The molecule has 5 N–H and O–H groups in total. The molecular formula is C44H66FN6O14PS. The third-order valence-corrected chi connectivity index (χ3v) is 14.1. The predicted molar refractivity (Wildman–Crippen MR) is 245 cm³/mol. The molecule has 374 valence electrons. The number of anilines is 1. The molecule has 0 radical (unpaired) electrons. The standard InChI is InChI=1S/C44H66FN6O14PS/c1-12-31-44(9,56)38-25(5)34(48-33(52)13-2)23(3)17-42(7,37(26(6)36(54)43(8,45)41(55)64-31)65-40-35(53)30(51(10)11)16-24(4)63-40)61-20-29(19-60-38)49-62-21-28-15-14-27(18-46-28)39-47-32(22-67-39)50-66(57,58)59/h14-15,18,22-26,30-31,35,37-38,40,53,56H,12-13,16-17,19-21H2,1-11H3,(H3,50,57,58,59)/b48-34?,49-29+/t23-,24-,25+,26+,30+,31-,35-,37-,38-,40+,42-,43+,44-/m1/s1. The fourth-order valence-electron chi connectivity index (χ4n) is 9.08. The van der Waals surface area contributed by atoms with E-state index in [-0.39, 0.29) is 50.6 Å². The number of aliphatic hydroxyl groups is 2. The number of hydrogen-bond acceptors (Lipinski definition) is 17. The zero-order valence-electron chi connectivity index (χ0n) is 39.9. The molecule has 1 amide bonds. The number of halogens is 1. The van der Waals surface area contributed by atoms with Gasteiger partial charge in [0.2, 0.25) is 5.91 Å². The van der Waals surface area contributed by atoms with Crippen molar-refractivity contribution in [3.63, 3.8) is 0 Å². The molecule has 0 aromatic carbocycles. The molecule has 3 fully saturated rings. The molecule has 0 spiro atoms. The fraction of sp³-hybridized carbons (Fsp3) is 0.705. The molecule has 3 aliphatic rings. The highest BCUT2D eigenvalue weighted by atomic mass is 32.1. The number of thiazole rings is 1. The molecule has 5 rings (SSSR count). The van der Waals surface area contributed by atoms with E-state index in [1.54, 1.807) is 60.8 Å². The summed E-state index contributed by atoms with van der Waals surface area (Å²) in [7, 11) is -0.955. The Kier molecular flexibility index (Phi) is 17.8. The molecular weight excluding hydrogens is 919 g/mol. The number of ether oxygens (including phenoxy) is 5. The molecule has 2 aromatic rings. The maximum absolute atomic E-state index is 17.0. The molecule has 13 atom stereocenters. The van der Waals surface area contributed by atoms with Crippen molar-refractivity contribution < 1.29 is 71.9 Å². The number of aliphatic hydroxyl groups excluding tert-OH is 1. The predicted octanol–water partition coefficient (Wildman–Crippen LogP) is 4.63. The summed E-state index contributed by atoms with van der Waals surface area (Å²) in [5.41, 5.74) is -5.53. The van der Waals surface area contributed by atoms with Crippen LogP contribution in [0.2, 0.25) is 0 Å². The Balaban J connectivity index is 1.62. The average Bonchev–Trinajstić information content (AvgIpc) is 3.71. The van der Waals surface area contributed by atoms with Crippen LogP contribution in [0.4, 0.5) is 10.2 Å². The molecule has 2 bridgehead atoms. The first-order valence-corrected chi connectivity index (χ1v) is 24.8. The zero-order valence-corrected chi connectivity index (χ0v) is 41.6. The van der Waals surface area contributed by atoms with Crippen molar-refractivity contribution in [2.45, 2.75) is 154 Å². The first-order valence-electron chi connectivity index (χ1n) is 22.3. The molecule has 5 heterocycles. The summed E-state index contributed by atoms with van der Waals surface area (Å²) in [6.07, 6.45) is -5.27. The highest BCUT2D eigenvalue weighted by Gasteiger charge is 2.56. The van der Waals surface area contributed by atoms with Crippen LogP contribution < -0.4 is 5.09 Å². The van der Waals surface area contributed by atoms with Crippen LogP contribution in [0.3, 0.4) is 0 Å². The van der Waals surface area contributed by atoms with Crippen LogP contribution in [0, 0.1) is 17.8 Å². The number of oxime groups is 1. The molecule has 23 heteroatoms. The van der Waals surface area contributed by atoms with E-state index in [4.69, 9.17) is 28.5 Å². The summed E-state index contributed by atoms with van der Waals surface area (Å²) in [6.45, 7) is 12.9. The van der Waals surface area contributed by atoms with E-state index in [1.165, 1.54) is 25.4 Å². The number of pyridine rings is 1. The van der Waals surface area contributed by atoms with Gasteiger partial charge in [0.15, 0.2) is 18.7 Å². The first kappa shape index (κ1) is 54.3. The van der Waals surface area contributed by atoms with Crippen molar-refractivity contribution >= 4 is 54.0 Å². The van der Waals surface area contributed by atoms with Crippen molar-refractivity contribution in [1.29, 1.82) is 0 Å². The van der Waals surface area contributed by atoms with Gasteiger partial charge in [-0.3, -0.25) is 19.7 Å². The number of ketones is 1. The molecule has 3 aliphatic heterocycles. The number of Topliss-reactive ketones (excluding diaryl/α,β-unsaturated/α-hetero) is 1. The van der Waals surface area contributed by atoms with Gasteiger partial charge in [-0.2, -0.15) is 0 Å². The lowest BCUT2D eigenvalue weighted by Gasteiger charge is -2.47. The van der Waals surface area contributed by atoms with Gasteiger partial charge in [-0.25, -0.2) is 23.7 Å². The van der Waals surface area contributed by atoms with Gasteiger partial charge in [0.25, 0.3) is 5.67 Å². The summed E-state index contributed by atoms with van der Waals surface area (Å²) in [5, 5.41) is 32.5. The van der Waals surface area contributed by atoms with Crippen LogP contribution >= 0.6 is 19.1 Å². The number of likely N-dealkylation sites (N-methyl/N-ethyl adjacent to an activating group) is 1.